The second-order valence-corrected chi connectivity index (χ2v) is 6.34. The lowest BCUT2D eigenvalue weighted by molar-refractivity contribution is 0.0952. The molecule has 1 amide bonds. The lowest BCUT2D eigenvalue weighted by atomic mass is 10.0. The maximum absolute atomic E-state index is 12.4. The molecule has 0 spiro atoms. The molecule has 0 fully saturated rings. The Kier molecular flexibility index (Phi) is 4.97. The second kappa shape index (κ2) is 7.87. The van der Waals surface area contributed by atoms with Gasteiger partial charge in [-0.3, -0.25) is 9.48 Å². The average molecular weight is 374 g/mol. The highest BCUT2D eigenvalue weighted by molar-refractivity contribution is 5.95. The number of nitrogens with zero attached hydrogens (tertiary/aromatic N) is 3. The third-order valence-corrected chi connectivity index (χ3v) is 4.40. The minimum absolute atomic E-state index is 0.189. The normalized spacial score (nSPS) is 10.9. The summed E-state index contributed by atoms with van der Waals surface area (Å²) >= 11 is 0. The fraction of sp³-hybridized carbons (Fsp3) is 0.143. The molecule has 4 rings (SSSR count). The summed E-state index contributed by atoms with van der Waals surface area (Å²) in [5.74, 6) is -0.189. The molecule has 0 bridgehead atoms. The number of amides is 1. The van der Waals surface area contributed by atoms with Gasteiger partial charge < -0.3 is 9.73 Å². The minimum Gasteiger partial charge on any atom is -0.422 e. The quantitative estimate of drug-likeness (QED) is 0.414. The van der Waals surface area contributed by atoms with E-state index in [-0.39, 0.29) is 5.91 Å². The topological polar surface area (TPSA) is 90.0 Å². The van der Waals surface area contributed by atoms with Crippen LogP contribution in [0, 0.1) is 0 Å². The van der Waals surface area contributed by atoms with Crippen LogP contribution in [0.25, 0.3) is 22.1 Å². The van der Waals surface area contributed by atoms with Crippen molar-refractivity contribution >= 4 is 16.9 Å². The average Bonchev–Trinajstić information content (AvgIpc) is 3.24. The molecule has 0 radical (unpaired) electrons. The molecule has 1 N–H and O–H groups in total. The Labute approximate surface area is 160 Å². The molecular formula is C21H18N4O3. The number of aromatic nitrogens is 3. The van der Waals surface area contributed by atoms with E-state index in [0.717, 1.165) is 11.8 Å². The number of hydrogen-bond donors (Lipinski definition) is 1. The van der Waals surface area contributed by atoms with Crippen LogP contribution in [0.2, 0.25) is 0 Å². The lowest BCUT2D eigenvalue weighted by Crippen LogP contribution is -2.25. The Morgan fingerprint density at radius 1 is 1.11 bits per heavy atom. The van der Waals surface area contributed by atoms with Crippen molar-refractivity contribution in [2.24, 2.45) is 0 Å². The summed E-state index contributed by atoms with van der Waals surface area (Å²) in [6, 6.07) is 16.1. The first kappa shape index (κ1) is 17.7. The van der Waals surface area contributed by atoms with E-state index in [1.807, 2.05) is 18.2 Å². The molecule has 7 heteroatoms. The lowest BCUT2D eigenvalue weighted by Gasteiger charge is -2.07. The summed E-state index contributed by atoms with van der Waals surface area (Å²) in [6.45, 7) is 1.19. The Morgan fingerprint density at radius 2 is 2.00 bits per heavy atom. The van der Waals surface area contributed by atoms with E-state index in [4.69, 9.17) is 4.42 Å². The van der Waals surface area contributed by atoms with Gasteiger partial charge in [0.15, 0.2) is 0 Å². The molecule has 28 heavy (non-hydrogen) atoms. The van der Waals surface area contributed by atoms with E-state index in [9.17, 15) is 9.59 Å². The first-order valence-corrected chi connectivity index (χ1v) is 8.96. The Morgan fingerprint density at radius 3 is 2.86 bits per heavy atom. The van der Waals surface area contributed by atoms with Crippen molar-refractivity contribution in [2.75, 3.05) is 6.54 Å². The molecule has 140 valence electrons. The largest absolute Gasteiger partial charge is 0.422 e. The van der Waals surface area contributed by atoms with Crippen molar-refractivity contribution in [3.05, 3.63) is 83.0 Å². The standard InChI is InChI=1S/C21H18N4O3/c26-20(22-9-4-11-25-12-10-23-24-25)17-7-3-6-15(13-17)18-14-16-5-1-2-8-19(16)28-21(18)27/h1-3,5-8,10,12-14H,4,9,11H2,(H,22,26). The number of fused-ring (bicyclic) bond motifs is 1. The van der Waals surface area contributed by atoms with Crippen LogP contribution in [0.15, 0.2) is 76.2 Å². The van der Waals surface area contributed by atoms with Gasteiger partial charge in [-0.15, -0.1) is 5.10 Å². The van der Waals surface area contributed by atoms with Crippen molar-refractivity contribution < 1.29 is 9.21 Å². The van der Waals surface area contributed by atoms with Gasteiger partial charge in [-0.25, -0.2) is 4.79 Å². The number of rotatable bonds is 6. The first-order chi connectivity index (χ1) is 13.7. The molecule has 0 saturated carbocycles. The number of nitrogens with one attached hydrogen (secondary N) is 1. The zero-order chi connectivity index (χ0) is 19.3. The molecule has 0 unspecified atom stereocenters. The van der Waals surface area contributed by atoms with Crippen molar-refractivity contribution in [1.82, 2.24) is 20.3 Å². The van der Waals surface area contributed by atoms with E-state index in [1.165, 1.54) is 0 Å². The fourth-order valence-corrected chi connectivity index (χ4v) is 2.99. The molecule has 0 atom stereocenters. The molecule has 2 aromatic carbocycles. The third-order valence-electron chi connectivity index (χ3n) is 4.40. The summed E-state index contributed by atoms with van der Waals surface area (Å²) in [7, 11) is 0. The van der Waals surface area contributed by atoms with E-state index < -0.39 is 5.63 Å². The highest BCUT2D eigenvalue weighted by Crippen LogP contribution is 2.21. The van der Waals surface area contributed by atoms with E-state index in [0.29, 0.717) is 35.4 Å². The van der Waals surface area contributed by atoms with Gasteiger partial charge in [-0.05, 0) is 36.2 Å². The zero-order valence-electron chi connectivity index (χ0n) is 15.0. The number of carbonyl (C=O) groups is 1. The van der Waals surface area contributed by atoms with Crippen LogP contribution in [0.4, 0.5) is 0 Å². The van der Waals surface area contributed by atoms with Crippen LogP contribution in [-0.4, -0.2) is 27.4 Å². The van der Waals surface area contributed by atoms with Gasteiger partial charge in [0.1, 0.15) is 5.58 Å². The molecule has 0 aliphatic rings. The third kappa shape index (κ3) is 3.83. The molecule has 7 nitrogen and oxygen atoms in total. The van der Waals surface area contributed by atoms with Crippen LogP contribution in [0.1, 0.15) is 16.8 Å². The maximum atomic E-state index is 12.4. The summed E-state index contributed by atoms with van der Waals surface area (Å²) in [5.41, 5.74) is 1.68. The Balaban J connectivity index is 1.49. The van der Waals surface area contributed by atoms with Gasteiger partial charge in [-0.2, -0.15) is 0 Å². The molecule has 2 heterocycles. The van der Waals surface area contributed by atoms with Gasteiger partial charge in [-0.1, -0.05) is 35.5 Å². The van der Waals surface area contributed by atoms with Crippen LogP contribution in [0.3, 0.4) is 0 Å². The smallest absolute Gasteiger partial charge is 0.344 e. The number of benzene rings is 2. The molecular weight excluding hydrogens is 356 g/mol. The van der Waals surface area contributed by atoms with Crippen molar-refractivity contribution in [3.8, 4) is 11.1 Å². The van der Waals surface area contributed by atoms with Crippen LogP contribution in [-0.2, 0) is 6.54 Å². The highest BCUT2D eigenvalue weighted by atomic mass is 16.4. The summed E-state index contributed by atoms with van der Waals surface area (Å²) < 4.78 is 7.11. The van der Waals surface area contributed by atoms with Crippen molar-refractivity contribution in [2.45, 2.75) is 13.0 Å². The van der Waals surface area contributed by atoms with Crippen LogP contribution in [0.5, 0.6) is 0 Å². The van der Waals surface area contributed by atoms with Crippen molar-refractivity contribution in [3.63, 3.8) is 0 Å². The molecule has 0 aliphatic carbocycles. The van der Waals surface area contributed by atoms with E-state index >= 15 is 0 Å². The number of aryl methyl sites for hydroxylation is 1. The van der Waals surface area contributed by atoms with Gasteiger partial charge in [0.2, 0.25) is 0 Å². The second-order valence-electron chi connectivity index (χ2n) is 6.34. The van der Waals surface area contributed by atoms with E-state index in [1.54, 1.807) is 53.5 Å². The number of carbonyl (C=O) groups excluding carboxylic acids is 1. The molecule has 0 aliphatic heterocycles. The summed E-state index contributed by atoms with van der Waals surface area (Å²) in [4.78, 5) is 24.8. The van der Waals surface area contributed by atoms with Crippen LogP contribution >= 0.6 is 0 Å². The predicted octanol–water partition coefficient (Wildman–Crippen LogP) is 2.87. The maximum Gasteiger partial charge on any atom is 0.344 e. The molecule has 0 saturated heterocycles. The fourth-order valence-electron chi connectivity index (χ4n) is 2.99. The van der Waals surface area contributed by atoms with E-state index in [2.05, 4.69) is 15.6 Å². The van der Waals surface area contributed by atoms with Crippen LogP contribution < -0.4 is 10.9 Å². The Bertz CT molecular complexity index is 1170. The Hall–Kier alpha value is -3.74. The molecule has 4 aromatic rings. The first-order valence-electron chi connectivity index (χ1n) is 8.96. The SMILES string of the molecule is O=C(NCCCn1ccnn1)c1cccc(-c2cc3ccccc3oc2=O)c1. The van der Waals surface area contributed by atoms with Crippen molar-refractivity contribution in [1.29, 1.82) is 0 Å². The summed E-state index contributed by atoms with van der Waals surface area (Å²) in [5, 5.41) is 11.3. The minimum atomic E-state index is -0.427. The zero-order valence-corrected chi connectivity index (χ0v) is 15.0. The molecule has 2 aromatic heterocycles. The summed E-state index contributed by atoms with van der Waals surface area (Å²) in [6.07, 6.45) is 4.14. The van der Waals surface area contributed by atoms with Gasteiger partial charge in [0, 0.05) is 30.2 Å². The highest BCUT2D eigenvalue weighted by Gasteiger charge is 2.11. The van der Waals surface area contributed by atoms with Gasteiger partial charge in [0.05, 0.1) is 11.8 Å². The van der Waals surface area contributed by atoms with Gasteiger partial charge in [0.25, 0.3) is 5.91 Å². The number of para-hydroxylation sites is 1. The number of hydrogen-bond acceptors (Lipinski definition) is 5. The monoisotopic (exact) mass is 374 g/mol. The predicted molar refractivity (Wildman–Crippen MR) is 105 cm³/mol. The van der Waals surface area contributed by atoms with Gasteiger partial charge >= 0.3 is 5.63 Å².